The van der Waals surface area contributed by atoms with E-state index in [1.807, 2.05) is 59.4 Å². The Morgan fingerprint density at radius 3 is 2.57 bits per heavy atom. The molecule has 8 nitrogen and oxygen atoms in total. The van der Waals surface area contributed by atoms with Crippen molar-refractivity contribution in [3.63, 3.8) is 0 Å². The number of fused-ring (bicyclic) bond motifs is 1. The maximum atomic E-state index is 12.7. The summed E-state index contributed by atoms with van der Waals surface area (Å²) < 4.78 is 5.00. The third-order valence-electron chi connectivity index (χ3n) is 5.87. The molecule has 5 aromatic rings. The van der Waals surface area contributed by atoms with Crippen molar-refractivity contribution < 1.29 is 4.79 Å². The minimum Gasteiger partial charge on any atom is -0.322 e. The number of benzene rings is 2. The highest BCUT2D eigenvalue weighted by Gasteiger charge is 2.12. The van der Waals surface area contributed by atoms with Crippen LogP contribution < -0.4 is 11.0 Å². The molecule has 0 unspecified atom stereocenters. The third-order valence-corrected chi connectivity index (χ3v) is 5.87. The second-order valence-corrected chi connectivity index (χ2v) is 8.28. The normalized spacial score (nSPS) is 11.4. The van der Waals surface area contributed by atoms with Gasteiger partial charge in [0.15, 0.2) is 0 Å². The Balaban J connectivity index is 1.40. The summed E-state index contributed by atoms with van der Waals surface area (Å²) in [5.41, 5.74) is 5.61. The van der Waals surface area contributed by atoms with Crippen molar-refractivity contribution >= 4 is 28.7 Å². The van der Waals surface area contributed by atoms with Crippen LogP contribution >= 0.6 is 0 Å². The van der Waals surface area contributed by atoms with Crippen molar-refractivity contribution in [3.8, 4) is 11.3 Å². The lowest BCUT2D eigenvalue weighted by molar-refractivity contribution is -0.111. The van der Waals surface area contributed by atoms with Crippen molar-refractivity contribution in [1.29, 1.82) is 0 Å². The Labute approximate surface area is 201 Å². The van der Waals surface area contributed by atoms with Crippen LogP contribution in [0.4, 0.5) is 5.69 Å². The van der Waals surface area contributed by atoms with Gasteiger partial charge in [-0.05, 0) is 42.0 Å². The van der Waals surface area contributed by atoms with E-state index in [1.54, 1.807) is 53.8 Å². The number of carbonyl (C=O) groups is 1. The minimum absolute atomic E-state index is 0.112. The van der Waals surface area contributed by atoms with Crippen LogP contribution in [0.15, 0.2) is 90.1 Å². The van der Waals surface area contributed by atoms with Crippen LogP contribution in [0, 0.1) is 0 Å². The summed E-state index contributed by atoms with van der Waals surface area (Å²) in [4.78, 5) is 29.1. The summed E-state index contributed by atoms with van der Waals surface area (Å²) in [6.45, 7) is 0.615. The Hall–Kier alpha value is -4.72. The number of aromatic nitrogens is 5. The number of imidazole rings is 1. The van der Waals surface area contributed by atoms with Gasteiger partial charge in [-0.3, -0.25) is 23.6 Å². The lowest BCUT2D eigenvalue weighted by Gasteiger charge is -2.03. The second-order valence-electron chi connectivity index (χ2n) is 8.28. The van der Waals surface area contributed by atoms with Gasteiger partial charge in [0.1, 0.15) is 5.69 Å². The van der Waals surface area contributed by atoms with Crippen molar-refractivity contribution in [1.82, 2.24) is 23.9 Å². The van der Waals surface area contributed by atoms with Gasteiger partial charge in [-0.25, -0.2) is 4.79 Å². The van der Waals surface area contributed by atoms with Gasteiger partial charge in [0.2, 0.25) is 5.91 Å². The number of amides is 1. The molecule has 3 aromatic heterocycles. The summed E-state index contributed by atoms with van der Waals surface area (Å²) in [6.07, 6.45) is 8.63. The molecular formula is C27H24N6O2. The van der Waals surface area contributed by atoms with Crippen LogP contribution in [-0.2, 0) is 25.4 Å². The average molecular weight is 465 g/mol. The SMILES string of the molecule is Cn1c(=O)n(C)c2cc(NC(=O)/C=C/c3cn(Cc4ccccc4)nc3-c3cccnc3)ccc21. The molecule has 0 radical (unpaired) electrons. The lowest BCUT2D eigenvalue weighted by atomic mass is 10.1. The molecule has 0 fully saturated rings. The Kier molecular flexibility index (Phi) is 5.85. The first kappa shape index (κ1) is 22.1. The molecule has 0 aliphatic carbocycles. The maximum absolute atomic E-state index is 12.7. The molecule has 3 heterocycles. The molecular weight excluding hydrogens is 440 g/mol. The highest BCUT2D eigenvalue weighted by molar-refractivity contribution is 6.03. The molecule has 1 N–H and O–H groups in total. The fraction of sp³-hybridized carbons (Fsp3) is 0.111. The molecule has 0 atom stereocenters. The number of nitrogens with one attached hydrogen (secondary N) is 1. The monoisotopic (exact) mass is 464 g/mol. The number of anilines is 1. The number of nitrogens with zero attached hydrogens (tertiary/aromatic N) is 5. The summed E-state index contributed by atoms with van der Waals surface area (Å²) in [5, 5.41) is 7.63. The van der Waals surface area contributed by atoms with Gasteiger partial charge in [-0.1, -0.05) is 30.3 Å². The van der Waals surface area contributed by atoms with Gasteiger partial charge in [0, 0.05) is 55.6 Å². The summed E-state index contributed by atoms with van der Waals surface area (Å²) in [7, 11) is 3.44. The van der Waals surface area contributed by atoms with Gasteiger partial charge in [0.25, 0.3) is 0 Å². The van der Waals surface area contributed by atoms with Gasteiger partial charge < -0.3 is 5.32 Å². The van der Waals surface area contributed by atoms with Crippen LogP contribution in [0.25, 0.3) is 28.4 Å². The van der Waals surface area contributed by atoms with Gasteiger partial charge >= 0.3 is 5.69 Å². The fourth-order valence-corrected chi connectivity index (χ4v) is 4.07. The zero-order chi connectivity index (χ0) is 24.4. The van der Waals surface area contributed by atoms with E-state index in [4.69, 9.17) is 5.10 Å². The zero-order valence-electron chi connectivity index (χ0n) is 19.4. The van der Waals surface area contributed by atoms with Crippen LogP contribution in [0.1, 0.15) is 11.1 Å². The van der Waals surface area contributed by atoms with Crippen LogP contribution in [-0.4, -0.2) is 29.8 Å². The maximum Gasteiger partial charge on any atom is 0.328 e. The zero-order valence-corrected chi connectivity index (χ0v) is 19.4. The number of rotatable bonds is 6. The number of hydrogen-bond donors (Lipinski definition) is 1. The molecule has 0 aliphatic rings. The van der Waals surface area contributed by atoms with E-state index in [9.17, 15) is 9.59 Å². The predicted octanol–water partition coefficient (Wildman–Crippen LogP) is 3.84. The molecule has 5 rings (SSSR count). The number of aryl methyl sites for hydroxylation is 2. The number of pyridine rings is 1. The molecule has 35 heavy (non-hydrogen) atoms. The van der Waals surface area contributed by atoms with Crippen molar-refractivity contribution in [2.75, 3.05) is 5.32 Å². The molecule has 8 heteroatoms. The first-order valence-corrected chi connectivity index (χ1v) is 11.2. The Bertz CT molecular complexity index is 1590. The highest BCUT2D eigenvalue weighted by atomic mass is 16.2. The van der Waals surface area contributed by atoms with E-state index >= 15 is 0 Å². The molecule has 0 bridgehead atoms. The Morgan fingerprint density at radius 1 is 1.00 bits per heavy atom. The topological polar surface area (TPSA) is 86.7 Å². The highest BCUT2D eigenvalue weighted by Crippen LogP contribution is 2.23. The minimum atomic E-state index is -0.279. The van der Waals surface area contributed by atoms with Crippen LogP contribution in [0.3, 0.4) is 0 Å². The molecule has 0 spiro atoms. The largest absolute Gasteiger partial charge is 0.328 e. The molecule has 0 saturated heterocycles. The van der Waals surface area contributed by atoms with Gasteiger partial charge in [0.05, 0.1) is 17.6 Å². The van der Waals surface area contributed by atoms with Gasteiger partial charge in [-0.2, -0.15) is 5.10 Å². The van der Waals surface area contributed by atoms with Crippen LogP contribution in [0.2, 0.25) is 0 Å². The van der Waals surface area contributed by atoms with Crippen molar-refractivity contribution in [2.45, 2.75) is 6.54 Å². The van der Waals surface area contributed by atoms with Crippen molar-refractivity contribution in [2.24, 2.45) is 14.1 Å². The number of hydrogen-bond acceptors (Lipinski definition) is 4. The third kappa shape index (κ3) is 4.54. The molecule has 1 amide bonds. The lowest BCUT2D eigenvalue weighted by Crippen LogP contribution is -2.19. The van der Waals surface area contributed by atoms with Crippen LogP contribution in [0.5, 0.6) is 0 Å². The summed E-state index contributed by atoms with van der Waals surface area (Å²) >= 11 is 0. The first-order valence-electron chi connectivity index (χ1n) is 11.2. The van der Waals surface area contributed by atoms with E-state index in [0.29, 0.717) is 12.2 Å². The number of carbonyl (C=O) groups excluding carboxylic acids is 1. The second kappa shape index (κ2) is 9.26. The standard InChI is InChI=1S/C27H24N6O2/c1-31-23-12-11-22(15-24(23)32(2)27(31)35)29-25(34)13-10-21-18-33(17-19-7-4-3-5-8-19)30-26(21)20-9-6-14-28-16-20/h3-16,18H,17H2,1-2H3,(H,29,34)/b13-10+. The van der Waals surface area contributed by atoms with Gasteiger partial charge in [-0.15, -0.1) is 0 Å². The Morgan fingerprint density at radius 2 is 1.80 bits per heavy atom. The van der Waals surface area contributed by atoms with E-state index in [0.717, 1.165) is 33.4 Å². The predicted molar refractivity (Wildman–Crippen MR) is 137 cm³/mol. The average Bonchev–Trinajstić information content (AvgIpc) is 3.38. The van der Waals surface area contributed by atoms with E-state index in [-0.39, 0.29) is 11.6 Å². The van der Waals surface area contributed by atoms with E-state index in [2.05, 4.69) is 10.3 Å². The van der Waals surface area contributed by atoms with Crippen molar-refractivity contribution in [3.05, 3.63) is 107 Å². The fourth-order valence-electron chi connectivity index (χ4n) is 4.07. The molecule has 174 valence electrons. The summed E-state index contributed by atoms with van der Waals surface area (Å²) in [6, 6.07) is 19.3. The molecule has 2 aromatic carbocycles. The molecule has 0 aliphatic heterocycles. The smallest absolute Gasteiger partial charge is 0.322 e. The summed E-state index contributed by atoms with van der Waals surface area (Å²) in [5.74, 6) is -0.279. The van der Waals surface area contributed by atoms with E-state index < -0.39 is 0 Å². The molecule has 0 saturated carbocycles. The first-order chi connectivity index (χ1) is 17.0. The van der Waals surface area contributed by atoms with E-state index in [1.165, 1.54) is 6.08 Å². The quantitative estimate of drug-likeness (QED) is 0.387.